The maximum Gasteiger partial charge on any atom is 0.414 e. The summed E-state index contributed by atoms with van der Waals surface area (Å²) >= 11 is 0. The molecule has 1 N–H and O–H groups in total. The zero-order valence-electron chi connectivity index (χ0n) is 30.4. The number of nitrogens with one attached hydrogen (secondary N) is 1. The van der Waals surface area contributed by atoms with Crippen LogP contribution in [0.25, 0.3) is 11.3 Å². The molecule has 13 heteroatoms. The standard InChI is InChI=1S/C35H50N8O4S/c1-23-15-28(43(40-23)19-29(44)41(9)10)39-31-37-14-13-27(38-31)24-16-25(18-36)30-26(17-24)35(8,20-42(30)32(45)47-33(2,3)4)21-46-22-48(11,12)34(5,6)7/h13-17H,19-22H2,1-12H3,(H,37,38,39)/t35-/m1/s1. The van der Waals surface area contributed by atoms with Crippen molar-refractivity contribution in [3.63, 3.8) is 0 Å². The average Bonchev–Trinajstić information content (AvgIpc) is 3.46. The van der Waals surface area contributed by atoms with Crippen LogP contribution in [0, 0.1) is 18.3 Å². The number of hydrogen-bond donors (Lipinski definition) is 1. The number of aromatic nitrogens is 4. The molecule has 12 nitrogen and oxygen atoms in total. The molecule has 2 amide bonds. The molecule has 4 rings (SSSR count). The highest BCUT2D eigenvalue weighted by atomic mass is 32.3. The molecule has 0 saturated heterocycles. The minimum Gasteiger partial charge on any atom is -0.443 e. The summed E-state index contributed by atoms with van der Waals surface area (Å²) in [6.07, 6.45) is 5.66. The van der Waals surface area contributed by atoms with Gasteiger partial charge in [0, 0.05) is 43.9 Å². The zero-order chi connectivity index (χ0) is 35.8. The van der Waals surface area contributed by atoms with Crippen LogP contribution in [0.5, 0.6) is 0 Å². The summed E-state index contributed by atoms with van der Waals surface area (Å²) < 4.78 is 13.9. The second-order valence-electron chi connectivity index (χ2n) is 15.3. The Labute approximate surface area is 286 Å². The maximum atomic E-state index is 13.5. The molecule has 0 aliphatic carbocycles. The maximum absolute atomic E-state index is 13.5. The first-order chi connectivity index (χ1) is 22.1. The molecule has 0 bridgehead atoms. The first-order valence-corrected chi connectivity index (χ1v) is 18.5. The van der Waals surface area contributed by atoms with Crippen molar-refractivity contribution in [2.24, 2.45) is 0 Å². The van der Waals surface area contributed by atoms with Gasteiger partial charge < -0.3 is 19.7 Å². The second-order valence-corrected chi connectivity index (χ2v) is 19.8. The van der Waals surface area contributed by atoms with Crippen LogP contribution in [-0.4, -0.2) is 92.7 Å². The first kappa shape index (κ1) is 36.7. The normalized spacial score (nSPS) is 16.7. The Morgan fingerprint density at radius 2 is 1.83 bits per heavy atom. The summed E-state index contributed by atoms with van der Waals surface area (Å²) in [6.45, 7) is 16.8. The quantitative estimate of drug-likeness (QED) is 0.280. The summed E-state index contributed by atoms with van der Waals surface area (Å²) in [7, 11) is 2.31. The SMILES string of the molecule is Cc1cc(Nc2nccc(-c3cc(C#N)c4c(c3)[C@@](C)(COCS(C)(C)C(C)(C)C)CN4C(=O)OC(C)(C)C)n2)n(CC(=O)N(C)C)n1. The number of amides is 2. The van der Waals surface area contributed by atoms with E-state index in [9.17, 15) is 14.9 Å². The van der Waals surface area contributed by atoms with Gasteiger partial charge in [-0.15, -0.1) is 0 Å². The summed E-state index contributed by atoms with van der Waals surface area (Å²) in [6, 6.07) is 9.65. The number of nitrogens with zero attached hydrogens (tertiary/aromatic N) is 7. The van der Waals surface area contributed by atoms with Crippen molar-refractivity contribution in [2.45, 2.75) is 77.7 Å². The number of carbonyl (C=O) groups is 2. The van der Waals surface area contributed by atoms with E-state index in [-0.39, 0.29) is 17.2 Å². The molecule has 48 heavy (non-hydrogen) atoms. The van der Waals surface area contributed by atoms with E-state index in [0.717, 1.165) is 11.3 Å². The Hall–Kier alpha value is -4.15. The van der Waals surface area contributed by atoms with E-state index in [4.69, 9.17) is 14.5 Å². The molecular formula is C35H50N8O4S. The van der Waals surface area contributed by atoms with E-state index < -0.39 is 27.1 Å². The zero-order valence-corrected chi connectivity index (χ0v) is 31.2. The van der Waals surface area contributed by atoms with Gasteiger partial charge in [-0.1, -0.05) is 27.7 Å². The highest BCUT2D eigenvalue weighted by Crippen LogP contribution is 2.53. The van der Waals surface area contributed by atoms with Gasteiger partial charge in [-0.05, 0) is 68.7 Å². The van der Waals surface area contributed by atoms with Gasteiger partial charge in [-0.2, -0.15) is 10.4 Å². The fraction of sp³-hybridized carbons (Fsp3) is 0.543. The van der Waals surface area contributed by atoms with Crippen molar-refractivity contribution in [1.82, 2.24) is 24.6 Å². The van der Waals surface area contributed by atoms with E-state index in [1.807, 2.05) is 39.8 Å². The minimum atomic E-state index is -1.09. The number of hydrogen-bond acceptors (Lipinski definition) is 9. The van der Waals surface area contributed by atoms with Crippen molar-refractivity contribution in [3.05, 3.63) is 47.3 Å². The number of benzene rings is 1. The van der Waals surface area contributed by atoms with Crippen molar-refractivity contribution in [1.29, 1.82) is 5.26 Å². The molecule has 2 aromatic heterocycles. The van der Waals surface area contributed by atoms with Gasteiger partial charge in [-0.3, -0.25) is 9.69 Å². The number of anilines is 3. The van der Waals surface area contributed by atoms with E-state index >= 15 is 0 Å². The lowest BCUT2D eigenvalue weighted by Gasteiger charge is -2.44. The number of aryl methyl sites for hydroxylation is 1. The molecular weight excluding hydrogens is 629 g/mol. The molecule has 0 fully saturated rings. The molecule has 1 aliphatic rings. The Morgan fingerprint density at radius 1 is 1.15 bits per heavy atom. The third-order valence-electron chi connectivity index (χ3n) is 8.61. The molecule has 1 aliphatic heterocycles. The van der Waals surface area contributed by atoms with Gasteiger partial charge in [0.15, 0.2) is 0 Å². The van der Waals surface area contributed by atoms with Gasteiger partial charge in [-0.25, -0.2) is 29.5 Å². The number of nitriles is 1. The Morgan fingerprint density at radius 3 is 2.44 bits per heavy atom. The largest absolute Gasteiger partial charge is 0.443 e. The smallest absolute Gasteiger partial charge is 0.414 e. The lowest BCUT2D eigenvalue weighted by atomic mass is 9.83. The van der Waals surface area contributed by atoms with Gasteiger partial charge in [0.25, 0.3) is 0 Å². The van der Waals surface area contributed by atoms with Crippen LogP contribution in [0.4, 0.5) is 22.2 Å². The van der Waals surface area contributed by atoms with Gasteiger partial charge in [0.2, 0.25) is 11.9 Å². The number of rotatable bonds is 9. The average molecular weight is 679 g/mol. The topological polar surface area (TPSA) is 138 Å². The second kappa shape index (κ2) is 13.4. The number of carbonyl (C=O) groups excluding carboxylic acids is 2. The molecule has 0 unspecified atom stereocenters. The van der Waals surface area contributed by atoms with E-state index in [0.29, 0.717) is 53.4 Å². The summed E-state index contributed by atoms with van der Waals surface area (Å²) in [4.78, 5) is 38.2. The molecule has 1 aromatic carbocycles. The summed E-state index contributed by atoms with van der Waals surface area (Å²) in [5, 5.41) is 18.0. The predicted octanol–water partition coefficient (Wildman–Crippen LogP) is 6.20. The van der Waals surface area contributed by atoms with Gasteiger partial charge >= 0.3 is 6.09 Å². The lowest BCUT2D eigenvalue weighted by molar-refractivity contribution is -0.129. The molecule has 0 saturated carbocycles. The number of likely N-dealkylation sites (N-methyl/N-ethyl adjacent to an activating group) is 1. The van der Waals surface area contributed by atoms with Crippen LogP contribution in [0.1, 0.15) is 65.3 Å². The van der Waals surface area contributed by atoms with Crippen molar-refractivity contribution in [3.8, 4) is 17.3 Å². The predicted molar refractivity (Wildman–Crippen MR) is 192 cm³/mol. The lowest BCUT2D eigenvalue weighted by Crippen LogP contribution is -2.41. The number of ether oxygens (including phenoxy) is 2. The molecule has 1 atom stereocenters. The van der Waals surface area contributed by atoms with Gasteiger partial charge in [0.1, 0.15) is 24.0 Å². The highest BCUT2D eigenvalue weighted by Gasteiger charge is 2.45. The third kappa shape index (κ3) is 8.10. The van der Waals surface area contributed by atoms with Crippen LogP contribution in [0.15, 0.2) is 30.5 Å². The molecule has 3 heterocycles. The Kier molecular flexibility index (Phi) is 10.2. The molecule has 260 valence electrons. The Bertz CT molecular complexity index is 1730. The Balaban J connectivity index is 1.74. The van der Waals surface area contributed by atoms with Gasteiger partial charge in [0.05, 0.1) is 35.2 Å². The molecule has 0 spiro atoms. The van der Waals surface area contributed by atoms with Crippen molar-refractivity contribution < 1.29 is 19.1 Å². The highest BCUT2D eigenvalue weighted by molar-refractivity contribution is 8.33. The minimum absolute atomic E-state index is 0.0580. The van der Waals surface area contributed by atoms with Crippen LogP contribution in [-0.2, 0) is 26.2 Å². The fourth-order valence-electron chi connectivity index (χ4n) is 5.11. The number of fused-ring (bicyclic) bond motifs is 1. The van der Waals surface area contributed by atoms with Crippen LogP contribution >= 0.6 is 10.0 Å². The van der Waals surface area contributed by atoms with Crippen molar-refractivity contribution >= 4 is 39.5 Å². The van der Waals surface area contributed by atoms with Crippen LogP contribution in [0.3, 0.4) is 0 Å². The van der Waals surface area contributed by atoms with Crippen LogP contribution in [0.2, 0.25) is 0 Å². The fourth-order valence-corrected chi connectivity index (χ4v) is 5.96. The van der Waals surface area contributed by atoms with E-state index in [1.165, 1.54) is 4.90 Å². The molecule has 0 radical (unpaired) electrons. The van der Waals surface area contributed by atoms with Crippen LogP contribution < -0.4 is 10.2 Å². The van der Waals surface area contributed by atoms with Crippen molar-refractivity contribution in [2.75, 3.05) is 55.9 Å². The summed E-state index contributed by atoms with van der Waals surface area (Å²) in [5.74, 6) is 1.38. The van der Waals surface area contributed by atoms with E-state index in [1.54, 1.807) is 42.0 Å². The molecule has 3 aromatic rings. The van der Waals surface area contributed by atoms with E-state index in [2.05, 4.69) is 61.7 Å². The third-order valence-corrected chi connectivity index (χ3v) is 12.7. The summed E-state index contributed by atoms with van der Waals surface area (Å²) in [5.41, 5.74) is 2.35. The first-order valence-electron chi connectivity index (χ1n) is 15.9. The monoisotopic (exact) mass is 678 g/mol.